The Kier molecular flexibility index (Phi) is 4.72. The number of ether oxygens (including phenoxy) is 1. The van der Waals surface area contributed by atoms with Gasteiger partial charge in [0.05, 0.1) is 0 Å². The van der Waals surface area contributed by atoms with E-state index >= 15 is 0 Å². The summed E-state index contributed by atoms with van der Waals surface area (Å²) >= 11 is 0. The maximum absolute atomic E-state index is 13.1. The number of hydrogen-bond acceptors (Lipinski definition) is 3. The van der Waals surface area contributed by atoms with Crippen molar-refractivity contribution in [2.24, 2.45) is 0 Å². The number of halogens is 1. The molecule has 16 heavy (non-hydrogen) atoms. The number of aliphatic carboxylic acids is 1. The molecular formula is C11H14FNO3. The van der Waals surface area contributed by atoms with Crippen LogP contribution < -0.4 is 10.1 Å². The van der Waals surface area contributed by atoms with E-state index in [2.05, 4.69) is 5.32 Å². The highest BCUT2D eigenvalue weighted by Gasteiger charge is 2.08. The number of nitrogens with one attached hydrogen (secondary N) is 1. The van der Waals surface area contributed by atoms with Crippen molar-refractivity contribution in [1.82, 2.24) is 5.32 Å². The highest BCUT2D eigenvalue weighted by Crippen LogP contribution is 2.14. The quantitative estimate of drug-likeness (QED) is 0.718. The van der Waals surface area contributed by atoms with Crippen LogP contribution in [0.4, 0.5) is 4.39 Å². The fraction of sp³-hybridized carbons (Fsp3) is 0.364. The van der Waals surface area contributed by atoms with E-state index in [0.29, 0.717) is 6.54 Å². The second-order valence-electron chi connectivity index (χ2n) is 3.29. The van der Waals surface area contributed by atoms with E-state index in [0.717, 1.165) is 0 Å². The first-order valence-corrected chi connectivity index (χ1v) is 4.95. The van der Waals surface area contributed by atoms with Crippen LogP contribution in [0.3, 0.4) is 0 Å². The second kappa shape index (κ2) is 6.07. The van der Waals surface area contributed by atoms with E-state index in [1.807, 2.05) is 0 Å². The zero-order chi connectivity index (χ0) is 12.0. The molecule has 0 radical (unpaired) electrons. The Balaban J connectivity index is 2.26. The molecule has 0 aliphatic rings. The molecule has 0 amide bonds. The van der Waals surface area contributed by atoms with Gasteiger partial charge in [0.15, 0.2) is 11.6 Å². The molecular weight excluding hydrogens is 213 g/mol. The Labute approximate surface area is 93.0 Å². The monoisotopic (exact) mass is 227 g/mol. The van der Waals surface area contributed by atoms with Gasteiger partial charge >= 0.3 is 5.97 Å². The average molecular weight is 227 g/mol. The summed E-state index contributed by atoms with van der Waals surface area (Å²) in [6.45, 7) is 2.10. The third kappa shape index (κ3) is 3.86. The Bertz CT molecular complexity index is 357. The summed E-state index contributed by atoms with van der Waals surface area (Å²) in [6.07, 6.45) is 0. The first-order chi connectivity index (χ1) is 7.61. The van der Waals surface area contributed by atoms with Crippen molar-refractivity contribution < 1.29 is 19.0 Å². The Morgan fingerprint density at radius 1 is 1.56 bits per heavy atom. The summed E-state index contributed by atoms with van der Waals surface area (Å²) in [5.74, 6) is -1.17. The minimum atomic E-state index is -0.925. The number of benzene rings is 1. The lowest BCUT2D eigenvalue weighted by atomic mass is 10.3. The maximum Gasteiger partial charge on any atom is 0.320 e. The predicted octanol–water partition coefficient (Wildman–Crippen LogP) is 1.27. The number of hydrogen-bond donors (Lipinski definition) is 2. The first-order valence-electron chi connectivity index (χ1n) is 4.95. The topological polar surface area (TPSA) is 58.6 Å². The minimum Gasteiger partial charge on any atom is -0.489 e. The number of carboxylic acid groups (broad SMARTS) is 1. The average Bonchev–Trinajstić information content (AvgIpc) is 2.26. The van der Waals surface area contributed by atoms with E-state index in [1.54, 1.807) is 12.1 Å². The molecule has 0 fully saturated rings. The highest BCUT2D eigenvalue weighted by atomic mass is 19.1. The Morgan fingerprint density at radius 3 is 2.88 bits per heavy atom. The molecule has 1 aromatic carbocycles. The Morgan fingerprint density at radius 2 is 2.25 bits per heavy atom. The fourth-order valence-corrected chi connectivity index (χ4v) is 1.09. The fourth-order valence-electron chi connectivity index (χ4n) is 1.09. The normalized spacial score (nSPS) is 12.1. The third-order valence-electron chi connectivity index (χ3n) is 2.02. The van der Waals surface area contributed by atoms with Gasteiger partial charge in [-0.25, -0.2) is 4.39 Å². The molecule has 88 valence electrons. The summed E-state index contributed by atoms with van der Waals surface area (Å²) in [5.41, 5.74) is 0. The van der Waals surface area contributed by atoms with Crippen LogP contribution in [-0.2, 0) is 4.79 Å². The van der Waals surface area contributed by atoms with E-state index in [4.69, 9.17) is 9.84 Å². The van der Waals surface area contributed by atoms with Gasteiger partial charge in [-0.15, -0.1) is 0 Å². The van der Waals surface area contributed by atoms with Crippen molar-refractivity contribution in [3.05, 3.63) is 30.1 Å². The van der Waals surface area contributed by atoms with Crippen LogP contribution in [0.1, 0.15) is 6.92 Å². The van der Waals surface area contributed by atoms with Crippen molar-refractivity contribution in [2.75, 3.05) is 13.2 Å². The van der Waals surface area contributed by atoms with Crippen molar-refractivity contribution in [2.45, 2.75) is 13.0 Å². The van der Waals surface area contributed by atoms with E-state index in [1.165, 1.54) is 19.1 Å². The SMILES string of the molecule is C[C@@H](NCCOc1ccccc1F)C(=O)O. The lowest BCUT2D eigenvalue weighted by Crippen LogP contribution is -2.36. The lowest BCUT2D eigenvalue weighted by molar-refractivity contribution is -0.139. The van der Waals surface area contributed by atoms with E-state index in [-0.39, 0.29) is 12.4 Å². The molecule has 0 aromatic heterocycles. The molecule has 1 aromatic rings. The van der Waals surface area contributed by atoms with E-state index in [9.17, 15) is 9.18 Å². The molecule has 2 N–H and O–H groups in total. The molecule has 1 rings (SSSR count). The first kappa shape index (κ1) is 12.4. The molecule has 0 spiro atoms. The summed E-state index contributed by atoms with van der Waals surface area (Å²) in [5, 5.41) is 11.3. The molecule has 1 atom stereocenters. The highest BCUT2D eigenvalue weighted by molar-refractivity contribution is 5.72. The van der Waals surface area contributed by atoms with Gasteiger partial charge in [-0.1, -0.05) is 12.1 Å². The predicted molar refractivity (Wildman–Crippen MR) is 57.0 cm³/mol. The molecule has 0 heterocycles. The van der Waals surface area contributed by atoms with Gasteiger partial charge in [0, 0.05) is 6.54 Å². The number of rotatable bonds is 6. The van der Waals surface area contributed by atoms with Gasteiger partial charge in [-0.2, -0.15) is 0 Å². The van der Waals surface area contributed by atoms with Gasteiger partial charge in [0.1, 0.15) is 12.6 Å². The van der Waals surface area contributed by atoms with Crippen LogP contribution in [0.2, 0.25) is 0 Å². The number of carbonyl (C=O) groups is 1. The van der Waals surface area contributed by atoms with Gasteiger partial charge in [0.2, 0.25) is 0 Å². The van der Waals surface area contributed by atoms with Crippen LogP contribution in [0, 0.1) is 5.82 Å². The van der Waals surface area contributed by atoms with Gasteiger partial charge in [0.25, 0.3) is 0 Å². The molecule has 0 saturated carbocycles. The van der Waals surface area contributed by atoms with Crippen LogP contribution in [-0.4, -0.2) is 30.3 Å². The molecule has 0 bridgehead atoms. The molecule has 0 unspecified atom stereocenters. The van der Waals surface area contributed by atoms with Crippen LogP contribution in [0.5, 0.6) is 5.75 Å². The van der Waals surface area contributed by atoms with Gasteiger partial charge in [-0.05, 0) is 19.1 Å². The minimum absolute atomic E-state index is 0.173. The standard InChI is InChI=1S/C11H14FNO3/c1-8(11(14)15)13-6-7-16-10-5-3-2-4-9(10)12/h2-5,8,13H,6-7H2,1H3,(H,14,15)/t8-/m1/s1. The summed E-state index contributed by atoms with van der Waals surface area (Å²) in [6, 6.07) is 5.45. The maximum atomic E-state index is 13.1. The molecule has 5 heteroatoms. The number of para-hydroxylation sites is 1. The lowest BCUT2D eigenvalue weighted by Gasteiger charge is -2.10. The van der Waals surface area contributed by atoms with Gasteiger partial charge in [-0.3, -0.25) is 4.79 Å². The Hall–Kier alpha value is -1.62. The number of carboxylic acids is 1. The molecule has 0 aliphatic heterocycles. The largest absolute Gasteiger partial charge is 0.489 e. The van der Waals surface area contributed by atoms with Crippen LogP contribution in [0.25, 0.3) is 0 Å². The van der Waals surface area contributed by atoms with Crippen LogP contribution in [0.15, 0.2) is 24.3 Å². The van der Waals surface area contributed by atoms with Crippen molar-refractivity contribution >= 4 is 5.97 Å². The summed E-state index contributed by atoms with van der Waals surface area (Å²) < 4.78 is 18.2. The second-order valence-corrected chi connectivity index (χ2v) is 3.29. The van der Waals surface area contributed by atoms with Crippen molar-refractivity contribution in [1.29, 1.82) is 0 Å². The molecule has 0 aliphatic carbocycles. The van der Waals surface area contributed by atoms with Gasteiger partial charge < -0.3 is 15.2 Å². The van der Waals surface area contributed by atoms with E-state index < -0.39 is 17.8 Å². The zero-order valence-corrected chi connectivity index (χ0v) is 8.94. The van der Waals surface area contributed by atoms with Crippen LogP contribution >= 0.6 is 0 Å². The third-order valence-corrected chi connectivity index (χ3v) is 2.02. The van der Waals surface area contributed by atoms with Crippen molar-refractivity contribution in [3.8, 4) is 5.75 Å². The molecule has 0 saturated heterocycles. The smallest absolute Gasteiger partial charge is 0.320 e. The summed E-state index contributed by atoms with van der Waals surface area (Å²) in [4.78, 5) is 10.5. The molecule has 4 nitrogen and oxygen atoms in total. The summed E-state index contributed by atoms with van der Waals surface area (Å²) in [7, 11) is 0. The zero-order valence-electron chi connectivity index (χ0n) is 8.94. The van der Waals surface area contributed by atoms with Crippen molar-refractivity contribution in [3.63, 3.8) is 0 Å².